The number of rotatable bonds is 32. The van der Waals surface area contributed by atoms with Gasteiger partial charge in [0.25, 0.3) is 5.91 Å². The first-order valence-electron chi connectivity index (χ1n) is 39.7. The van der Waals surface area contributed by atoms with Gasteiger partial charge in [-0.25, -0.2) is 30.9 Å². The zero-order valence-electron chi connectivity index (χ0n) is 67.3. The highest BCUT2D eigenvalue weighted by molar-refractivity contribution is 8.07. The van der Waals surface area contributed by atoms with Gasteiger partial charge in [-0.2, -0.15) is 4.99 Å². The molecule has 12 aromatic rings. The van der Waals surface area contributed by atoms with Gasteiger partial charge in [0.2, 0.25) is 24.6 Å². The van der Waals surface area contributed by atoms with Crippen LogP contribution in [-0.2, 0) is 65.1 Å². The Bertz CT molecular complexity index is 5630. The summed E-state index contributed by atoms with van der Waals surface area (Å²) < 4.78 is 96.9. The molecule has 0 spiro atoms. The molecular formula is C93H89FN11O14PS. The number of carbonyl (C=O) groups excluding carboxylic acids is 3. The predicted octanol–water partition coefficient (Wildman–Crippen LogP) is 16.1. The third-order valence-electron chi connectivity index (χ3n) is 23.0. The van der Waals surface area contributed by atoms with E-state index in [4.69, 9.17) is 89.8 Å². The highest BCUT2D eigenvalue weighted by atomic mass is 32.5. The summed E-state index contributed by atoms with van der Waals surface area (Å²) in [6.07, 6.45) is -4.34. The van der Waals surface area contributed by atoms with Gasteiger partial charge in [-0.05, 0) is 129 Å². The molecule has 3 aromatic heterocycles. The number of imidazole rings is 2. The van der Waals surface area contributed by atoms with Crippen LogP contribution in [0.5, 0.6) is 23.0 Å². The van der Waals surface area contributed by atoms with E-state index in [9.17, 15) is 9.59 Å². The maximum Gasteiger partial charge on any atom is 0.327 e. The minimum Gasteiger partial charge on any atom is -0.497 e. The van der Waals surface area contributed by atoms with Crippen molar-refractivity contribution in [2.24, 2.45) is 28.2 Å². The molecule has 1 saturated heterocycles. The second-order valence-corrected chi connectivity index (χ2v) is 33.3. The molecular weight excluding hydrogens is 1580 g/mol. The number of hydrogen-bond donors (Lipinski definition) is 3. The highest BCUT2D eigenvalue weighted by Gasteiger charge is 2.73. The van der Waals surface area contributed by atoms with Gasteiger partial charge in [0.15, 0.2) is 35.2 Å². The number of benzene rings is 9. The van der Waals surface area contributed by atoms with Gasteiger partial charge in [-0.1, -0.05) is 209 Å². The monoisotopic (exact) mass is 1670 g/mol. The van der Waals surface area contributed by atoms with E-state index < -0.39 is 103 Å². The van der Waals surface area contributed by atoms with Gasteiger partial charge in [0.05, 0.1) is 60.4 Å². The summed E-state index contributed by atoms with van der Waals surface area (Å²) in [6, 6.07) is 76.1. The molecule has 2 aliphatic carbocycles. The minimum atomic E-state index is -4.29. The molecule has 5 heterocycles. The van der Waals surface area contributed by atoms with E-state index in [0.29, 0.717) is 74.0 Å². The van der Waals surface area contributed by atoms with Crippen LogP contribution >= 0.6 is 6.72 Å². The standard InChI is InChI=1S/C93H89FN11O14PS/c1-58(2)85(106)102-90-101-84-78(87(103-90)117-89(108)75(60-24-14-9-15-25-60)61-26-16-10-17-27-61)99-57-105(84)88-80(118-93(64-32-22-13-23-33-64,67-38-46-71(111-7)47-39-67)68-40-48-72(112-8)49-41-68)76(94)74(116-88)53-115-120(121,114-51-50-95-4)119-81-59(3)79(104-56-98-77-82(96-55-97-83(77)104)100-86(107)62-28-18-11-19-29-62)73-52-91(73,81)54-113-92(63-30-20-12-21-31-63,65-34-42-69(109-5)43-35-65)66-36-44-70(110-6)45-37-66/h9-49,55-59,73-76,79-81,87-88H,50-54H2,1-3,5-8H3,(H,96,97,100,107)(H2,101,102,103,106). The first-order valence-corrected chi connectivity index (χ1v) is 42.3. The van der Waals surface area contributed by atoms with Crippen molar-refractivity contribution in [2.45, 2.75) is 87.3 Å². The molecule has 121 heavy (non-hydrogen) atoms. The molecule has 2 aliphatic heterocycles. The summed E-state index contributed by atoms with van der Waals surface area (Å²) in [4.78, 5) is 70.7. The van der Waals surface area contributed by atoms with Crippen molar-refractivity contribution in [3.05, 3.63) is 335 Å². The number of esters is 1. The molecule has 11 atom stereocenters. The van der Waals surface area contributed by atoms with E-state index in [1.807, 2.05) is 212 Å². The predicted molar refractivity (Wildman–Crippen MR) is 454 cm³/mol. The van der Waals surface area contributed by atoms with Gasteiger partial charge in [0.1, 0.15) is 71.0 Å². The number of aliphatic imine (C=N–C) groups is 1. The van der Waals surface area contributed by atoms with E-state index >= 15 is 9.18 Å². The lowest BCUT2D eigenvalue weighted by Crippen LogP contribution is -2.47. The summed E-state index contributed by atoms with van der Waals surface area (Å²) in [7, 11) is 6.35. The van der Waals surface area contributed by atoms with Gasteiger partial charge < -0.3 is 71.5 Å². The van der Waals surface area contributed by atoms with Crippen molar-refractivity contribution < 1.29 is 70.2 Å². The number of aromatic nitrogens is 6. The lowest BCUT2D eigenvalue weighted by molar-refractivity contribution is -0.151. The number of ether oxygens (including phenoxy) is 8. The normalized spacial score (nSPS) is 20.9. The first kappa shape index (κ1) is 82.4. The number of carbonyl (C=O) groups is 3. The molecule has 25 nitrogen and oxygen atoms in total. The van der Waals surface area contributed by atoms with Crippen molar-refractivity contribution in [2.75, 3.05) is 60.1 Å². The van der Waals surface area contributed by atoms with E-state index in [0.717, 1.165) is 16.7 Å². The fourth-order valence-corrected chi connectivity index (χ4v) is 19.1. The molecule has 618 valence electrons. The van der Waals surface area contributed by atoms with Crippen LogP contribution in [0.25, 0.3) is 16.0 Å². The van der Waals surface area contributed by atoms with Crippen LogP contribution in [-0.4, -0.2) is 132 Å². The number of guanidine groups is 1. The number of methoxy groups -OCH3 is 4. The van der Waals surface area contributed by atoms with Crippen LogP contribution in [0.3, 0.4) is 0 Å². The lowest BCUT2D eigenvalue weighted by atomic mass is 9.79. The maximum absolute atomic E-state index is 19.8. The highest BCUT2D eigenvalue weighted by Crippen LogP contribution is 2.74. The molecule has 3 N–H and O–H groups in total. The molecule has 16 rings (SSSR count). The third-order valence-corrected chi connectivity index (χ3v) is 25.3. The number of hydrogen-bond acceptors (Lipinski definition) is 21. The number of halogens is 1. The second kappa shape index (κ2) is 35.5. The summed E-state index contributed by atoms with van der Waals surface area (Å²) in [5.74, 6) is -1.29. The van der Waals surface area contributed by atoms with Crippen molar-refractivity contribution in [3.63, 3.8) is 0 Å². The SMILES string of the molecule is [C-]#[N+]CCOP(=S)(OCC1OC(n2cnc3c2N=C(NC(=O)C(C)C)NC3OC(=O)C(c2ccccc2)c2ccccc2)C(OC(c2ccccc2)(c2ccc(OC)cc2)c2ccc(OC)cc2)C1F)OC1C(C)C(n2cnc3c(NC(=O)c4ccccc4)ncnc32)C2CC21COC(c1ccccc1)(c1ccc(OC)cc1)c1ccc(OC)cc1. The van der Waals surface area contributed by atoms with Crippen LogP contribution in [0.4, 0.5) is 16.0 Å². The molecule has 0 bridgehead atoms. The van der Waals surface area contributed by atoms with Crippen LogP contribution in [0.15, 0.2) is 273 Å². The fraction of sp³-hybridized carbons (Fsp3) is 0.280. The molecule has 3 fully saturated rings. The number of nitrogens with zero attached hydrogens (tertiary/aromatic N) is 8. The van der Waals surface area contributed by atoms with E-state index in [1.54, 1.807) is 97.1 Å². The van der Waals surface area contributed by atoms with Crippen molar-refractivity contribution in [1.29, 1.82) is 0 Å². The van der Waals surface area contributed by atoms with Crippen molar-refractivity contribution in [1.82, 2.24) is 39.7 Å². The molecule has 2 amide bonds. The van der Waals surface area contributed by atoms with E-state index in [2.05, 4.69) is 25.8 Å². The van der Waals surface area contributed by atoms with Crippen LogP contribution in [0.2, 0.25) is 0 Å². The summed E-state index contributed by atoms with van der Waals surface area (Å²) in [5, 5.41) is 8.97. The average Bonchev–Trinajstić information content (AvgIpc) is 1.51. The Kier molecular flexibility index (Phi) is 24.2. The largest absolute Gasteiger partial charge is 0.497 e. The number of fused-ring (bicyclic) bond motifs is 3. The van der Waals surface area contributed by atoms with E-state index in [1.165, 1.54) is 17.2 Å². The Morgan fingerprint density at radius 3 is 1.68 bits per heavy atom. The molecule has 11 unspecified atom stereocenters. The van der Waals surface area contributed by atoms with Gasteiger partial charge in [-0.15, -0.1) is 0 Å². The molecule has 9 aromatic carbocycles. The molecule has 28 heteroatoms. The topological polar surface area (TPSA) is 267 Å². The smallest absolute Gasteiger partial charge is 0.327 e. The summed E-state index contributed by atoms with van der Waals surface area (Å²) in [5.41, 5.74) is 2.66. The fourth-order valence-electron chi connectivity index (χ4n) is 16.9. The van der Waals surface area contributed by atoms with Crippen molar-refractivity contribution >= 4 is 65.1 Å². The Balaban J connectivity index is 0.810. The number of amides is 2. The summed E-state index contributed by atoms with van der Waals surface area (Å²) in [6.45, 7) is 8.19. The number of nitrogens with one attached hydrogen (secondary N) is 3. The molecule has 2 saturated carbocycles. The Hall–Kier alpha value is -12.4. The quantitative estimate of drug-likeness (QED) is 0.0116. The lowest BCUT2D eigenvalue weighted by Gasteiger charge is -2.40. The Morgan fingerprint density at radius 1 is 0.645 bits per heavy atom. The second-order valence-electron chi connectivity index (χ2n) is 30.3. The van der Waals surface area contributed by atoms with Crippen LogP contribution in [0, 0.1) is 29.7 Å². The van der Waals surface area contributed by atoms with Gasteiger partial charge in [-0.3, -0.25) is 24.3 Å². The van der Waals surface area contributed by atoms with Gasteiger partial charge in [0, 0.05) is 28.9 Å². The Morgan fingerprint density at radius 2 is 1.15 bits per heavy atom. The zero-order valence-corrected chi connectivity index (χ0v) is 69.0. The van der Waals surface area contributed by atoms with Crippen molar-refractivity contribution in [3.8, 4) is 23.0 Å². The third kappa shape index (κ3) is 16.3. The average molecular weight is 1670 g/mol. The molecule has 0 radical (unpaired) electrons. The first-order chi connectivity index (χ1) is 58.9. The molecule has 4 aliphatic rings. The minimum absolute atomic E-state index is 0.00548. The van der Waals surface area contributed by atoms with Crippen LogP contribution in [0.1, 0.15) is 112 Å². The maximum atomic E-state index is 19.8. The zero-order chi connectivity index (χ0) is 84.0. The number of anilines is 1. The van der Waals surface area contributed by atoms with E-state index in [-0.39, 0.29) is 54.9 Å². The Labute approximate surface area is 704 Å². The summed E-state index contributed by atoms with van der Waals surface area (Å²) >= 11 is 6.73. The number of alkyl halides is 1. The van der Waals surface area contributed by atoms with Crippen LogP contribution < -0.4 is 34.9 Å². The van der Waals surface area contributed by atoms with Gasteiger partial charge >= 0.3 is 12.7 Å².